The number of aliphatic hydroxyl groups excluding tert-OH is 1. The van der Waals surface area contributed by atoms with Crippen molar-refractivity contribution in [3.8, 4) is 0 Å². The maximum atomic E-state index is 12.0. The number of aliphatic hydroxyl groups is 1. The van der Waals surface area contributed by atoms with E-state index in [0.29, 0.717) is 0 Å². The fraction of sp³-hybridized carbons (Fsp3) is 0.750. The normalized spacial score (nSPS) is 10.6. The molecule has 0 unspecified atom stereocenters. The van der Waals surface area contributed by atoms with Gasteiger partial charge in [-0.2, -0.15) is 0 Å². The van der Waals surface area contributed by atoms with Crippen LogP contribution in [-0.4, -0.2) is 54.5 Å². The summed E-state index contributed by atoms with van der Waals surface area (Å²) in [6.07, 6.45) is -2.58. The van der Waals surface area contributed by atoms with Gasteiger partial charge in [0.05, 0.1) is 19.7 Å². The fourth-order valence-corrected chi connectivity index (χ4v) is 0.972. The molecule has 2 amide bonds. The highest BCUT2D eigenvalue weighted by Crippen LogP contribution is 1.97. The maximum Gasteiger partial charge on any atom is 0.252 e. The third kappa shape index (κ3) is 8.06. The lowest BCUT2D eigenvalue weighted by Gasteiger charge is -2.19. The molecule has 0 aromatic rings. The second kappa shape index (κ2) is 7.94. The van der Waals surface area contributed by atoms with Crippen LogP contribution in [0.3, 0.4) is 0 Å². The van der Waals surface area contributed by atoms with Gasteiger partial charge in [0.1, 0.15) is 0 Å². The van der Waals surface area contributed by atoms with Gasteiger partial charge in [-0.15, -0.1) is 0 Å². The summed E-state index contributed by atoms with van der Waals surface area (Å²) in [5, 5.41) is 8.59. The van der Waals surface area contributed by atoms with Gasteiger partial charge in [-0.05, 0) is 0 Å². The minimum absolute atomic E-state index is 0.0299. The lowest BCUT2D eigenvalue weighted by Crippen LogP contribution is -2.47. The van der Waals surface area contributed by atoms with E-state index in [0.717, 1.165) is 4.90 Å². The van der Waals surface area contributed by atoms with Crippen molar-refractivity contribution in [3.63, 3.8) is 0 Å². The van der Waals surface area contributed by atoms with Gasteiger partial charge in [0.25, 0.3) is 12.3 Å². The first-order valence-electron chi connectivity index (χ1n) is 4.62. The number of amides is 2. The van der Waals surface area contributed by atoms with Crippen LogP contribution >= 0.6 is 0 Å². The molecular weight excluding hydrogens is 224 g/mol. The largest absolute Gasteiger partial charge is 0.395 e. The molecule has 0 radical (unpaired) electrons. The number of rotatable bonds is 6. The zero-order valence-electron chi connectivity index (χ0n) is 8.87. The van der Waals surface area contributed by atoms with E-state index < -0.39 is 24.8 Å². The van der Waals surface area contributed by atoms with Gasteiger partial charge in [0.2, 0.25) is 5.91 Å². The Morgan fingerprint density at radius 1 is 1.38 bits per heavy atom. The molecule has 0 aromatic carbocycles. The van der Waals surface area contributed by atoms with Crippen LogP contribution < -0.4 is 10.9 Å². The predicted molar refractivity (Wildman–Crippen MR) is 51.5 cm³/mol. The van der Waals surface area contributed by atoms with E-state index in [4.69, 9.17) is 5.11 Å². The molecule has 3 N–H and O–H groups in total. The number of carbonyl (C=O) groups is 2. The van der Waals surface area contributed by atoms with Gasteiger partial charge in [0, 0.05) is 13.5 Å². The predicted octanol–water partition coefficient (Wildman–Crippen LogP) is -1.29. The molecule has 0 aliphatic heterocycles. The van der Waals surface area contributed by atoms with Crippen LogP contribution in [0.2, 0.25) is 0 Å². The van der Waals surface area contributed by atoms with Crippen molar-refractivity contribution in [2.75, 3.05) is 26.2 Å². The smallest absolute Gasteiger partial charge is 0.252 e. The van der Waals surface area contributed by atoms with Crippen LogP contribution in [0.25, 0.3) is 0 Å². The first-order chi connectivity index (χ1) is 7.45. The van der Waals surface area contributed by atoms with Crippen LogP contribution in [0, 0.1) is 0 Å². The van der Waals surface area contributed by atoms with Gasteiger partial charge in [-0.3, -0.25) is 25.3 Å². The molecule has 6 nitrogen and oxygen atoms in total. The second-order valence-corrected chi connectivity index (χ2v) is 3.08. The molecule has 0 rings (SSSR count). The number of nitrogens with one attached hydrogen (secondary N) is 2. The maximum absolute atomic E-state index is 12.0. The van der Waals surface area contributed by atoms with E-state index in [1.165, 1.54) is 6.92 Å². The molecule has 8 heteroatoms. The topological polar surface area (TPSA) is 81.7 Å². The van der Waals surface area contributed by atoms with E-state index >= 15 is 0 Å². The average molecular weight is 239 g/mol. The molecule has 0 aliphatic rings. The summed E-state index contributed by atoms with van der Waals surface area (Å²) in [7, 11) is 0. The Bertz CT molecular complexity index is 239. The van der Waals surface area contributed by atoms with Gasteiger partial charge in [-0.1, -0.05) is 0 Å². The van der Waals surface area contributed by atoms with Crippen LogP contribution in [0.5, 0.6) is 0 Å². The van der Waals surface area contributed by atoms with Gasteiger partial charge in [-0.25, -0.2) is 8.78 Å². The summed E-state index contributed by atoms with van der Waals surface area (Å²) in [5.74, 6) is -1.08. The van der Waals surface area contributed by atoms with Crippen LogP contribution in [-0.2, 0) is 9.59 Å². The van der Waals surface area contributed by atoms with Crippen molar-refractivity contribution in [1.82, 2.24) is 15.8 Å². The Morgan fingerprint density at radius 3 is 2.44 bits per heavy atom. The second-order valence-electron chi connectivity index (χ2n) is 3.08. The lowest BCUT2D eigenvalue weighted by molar-refractivity contribution is -0.128. The highest BCUT2D eigenvalue weighted by Gasteiger charge is 2.14. The molecule has 16 heavy (non-hydrogen) atoms. The number of hydrogen-bond acceptors (Lipinski definition) is 4. The minimum Gasteiger partial charge on any atom is -0.395 e. The van der Waals surface area contributed by atoms with E-state index in [1.54, 1.807) is 0 Å². The van der Waals surface area contributed by atoms with Crippen molar-refractivity contribution in [2.45, 2.75) is 13.3 Å². The summed E-state index contributed by atoms with van der Waals surface area (Å²) in [6.45, 7) is -0.0673. The summed E-state index contributed by atoms with van der Waals surface area (Å²) in [6, 6.07) is 0. The van der Waals surface area contributed by atoms with E-state index in [9.17, 15) is 18.4 Å². The van der Waals surface area contributed by atoms with Crippen LogP contribution in [0.15, 0.2) is 0 Å². The summed E-state index contributed by atoms with van der Waals surface area (Å²) in [5.41, 5.74) is 4.07. The third-order valence-electron chi connectivity index (χ3n) is 1.56. The quantitative estimate of drug-likeness (QED) is 0.504. The van der Waals surface area contributed by atoms with E-state index in [-0.39, 0.29) is 19.7 Å². The Balaban J connectivity index is 3.96. The number of nitrogens with zero attached hydrogens (tertiary/aromatic N) is 1. The molecule has 0 aromatic heterocycles. The monoisotopic (exact) mass is 239 g/mol. The Morgan fingerprint density at radius 2 is 2.00 bits per heavy atom. The summed E-state index contributed by atoms with van der Waals surface area (Å²) >= 11 is 0. The van der Waals surface area contributed by atoms with Crippen LogP contribution in [0.1, 0.15) is 6.92 Å². The standard InChI is InChI=1S/C8H15F2N3O3/c1-6(15)11-12-8(16)5-13(2-3-14)4-7(9)10/h7,14H,2-5H2,1H3,(H,11,15)(H,12,16). The zero-order chi connectivity index (χ0) is 12.6. The number of carbonyl (C=O) groups excluding carboxylic acids is 2. The first-order valence-corrected chi connectivity index (χ1v) is 4.62. The minimum atomic E-state index is -2.58. The molecule has 0 fully saturated rings. The molecule has 0 saturated heterocycles. The van der Waals surface area contributed by atoms with Gasteiger partial charge < -0.3 is 5.11 Å². The van der Waals surface area contributed by atoms with Crippen molar-refractivity contribution in [1.29, 1.82) is 0 Å². The number of hydrazine groups is 1. The summed E-state index contributed by atoms with van der Waals surface area (Å²) in [4.78, 5) is 22.6. The van der Waals surface area contributed by atoms with E-state index in [2.05, 4.69) is 0 Å². The fourth-order valence-electron chi connectivity index (χ4n) is 0.972. The Labute approximate surface area is 91.6 Å². The van der Waals surface area contributed by atoms with Crippen LogP contribution in [0.4, 0.5) is 8.78 Å². The molecule has 94 valence electrons. The number of hydrogen-bond donors (Lipinski definition) is 3. The van der Waals surface area contributed by atoms with E-state index in [1.807, 2.05) is 10.9 Å². The zero-order valence-corrected chi connectivity index (χ0v) is 8.87. The van der Waals surface area contributed by atoms with Crippen molar-refractivity contribution >= 4 is 11.8 Å². The number of halogens is 2. The molecular formula is C8H15F2N3O3. The van der Waals surface area contributed by atoms with Crippen molar-refractivity contribution in [2.24, 2.45) is 0 Å². The molecule has 0 bridgehead atoms. The number of alkyl halides is 2. The molecule has 0 aliphatic carbocycles. The third-order valence-corrected chi connectivity index (χ3v) is 1.56. The highest BCUT2D eigenvalue weighted by atomic mass is 19.3. The van der Waals surface area contributed by atoms with Gasteiger partial charge >= 0.3 is 0 Å². The SMILES string of the molecule is CC(=O)NNC(=O)CN(CCO)CC(F)F. The Hall–Kier alpha value is -1.28. The Kier molecular flexibility index (Phi) is 7.31. The molecule has 0 heterocycles. The average Bonchev–Trinajstić information content (AvgIpc) is 2.14. The summed E-state index contributed by atoms with van der Waals surface area (Å²) < 4.78 is 24.1. The van der Waals surface area contributed by atoms with Gasteiger partial charge in [0.15, 0.2) is 0 Å². The highest BCUT2D eigenvalue weighted by molar-refractivity contribution is 5.81. The first kappa shape index (κ1) is 14.7. The molecule has 0 saturated carbocycles. The van der Waals surface area contributed by atoms with Crippen molar-refractivity contribution < 1.29 is 23.5 Å². The lowest BCUT2D eigenvalue weighted by atomic mass is 10.4. The molecule has 0 atom stereocenters. The van der Waals surface area contributed by atoms with Crippen molar-refractivity contribution in [3.05, 3.63) is 0 Å². The molecule has 0 spiro atoms.